The molecule has 3 rings (SSSR count). The van der Waals surface area contributed by atoms with Gasteiger partial charge in [0.1, 0.15) is 0 Å². The molecule has 6 atom stereocenters. The van der Waals surface area contributed by atoms with E-state index in [0.717, 1.165) is 17.8 Å². The minimum atomic E-state index is 0.203. The predicted molar refractivity (Wildman–Crippen MR) is 63.1 cm³/mol. The van der Waals surface area contributed by atoms with Crippen molar-refractivity contribution in [3.63, 3.8) is 0 Å². The first-order valence-electron chi connectivity index (χ1n) is 6.56. The number of fused-ring (bicyclic) bond motifs is 1. The molecule has 4 unspecified atom stereocenters. The summed E-state index contributed by atoms with van der Waals surface area (Å²) in [6, 6.07) is 0. The highest BCUT2D eigenvalue weighted by atomic mass is 14.7. The highest BCUT2D eigenvalue weighted by molar-refractivity contribution is 5.64. The molecule has 1 heteroatoms. The lowest BCUT2D eigenvalue weighted by atomic mass is 9.67. The van der Waals surface area contributed by atoms with E-state index in [0.29, 0.717) is 11.3 Å². The first-order valence-corrected chi connectivity index (χ1v) is 6.56. The molecular formula is C14H23N. The first kappa shape index (κ1) is 9.86. The van der Waals surface area contributed by atoms with Crippen LogP contribution in [-0.4, -0.2) is 6.21 Å². The molecule has 0 aromatic carbocycles. The summed E-state index contributed by atoms with van der Waals surface area (Å²) in [6.07, 6.45) is 7.61. The molecule has 15 heavy (non-hydrogen) atoms. The molecule has 1 nitrogen and oxygen atoms in total. The van der Waals surface area contributed by atoms with E-state index in [2.05, 4.69) is 20.8 Å². The second-order valence-corrected chi connectivity index (χ2v) is 6.72. The van der Waals surface area contributed by atoms with E-state index in [4.69, 9.17) is 5.41 Å². The largest absolute Gasteiger partial charge is 0.313 e. The van der Waals surface area contributed by atoms with Crippen molar-refractivity contribution in [3.8, 4) is 0 Å². The van der Waals surface area contributed by atoms with Crippen LogP contribution in [0.1, 0.15) is 46.5 Å². The third kappa shape index (κ3) is 0.893. The van der Waals surface area contributed by atoms with E-state index >= 15 is 0 Å². The van der Waals surface area contributed by atoms with Crippen LogP contribution in [0.4, 0.5) is 0 Å². The van der Waals surface area contributed by atoms with E-state index in [1.165, 1.54) is 25.7 Å². The van der Waals surface area contributed by atoms with Crippen molar-refractivity contribution in [2.75, 3.05) is 0 Å². The summed E-state index contributed by atoms with van der Waals surface area (Å²) in [5.74, 6) is 3.37. The van der Waals surface area contributed by atoms with Crippen LogP contribution in [0.2, 0.25) is 0 Å². The molecule has 3 aliphatic rings. The van der Waals surface area contributed by atoms with E-state index in [-0.39, 0.29) is 5.41 Å². The predicted octanol–water partition coefficient (Wildman–Crippen LogP) is 3.73. The minimum absolute atomic E-state index is 0.203. The standard InChI is InChI=1S/C14H23N/c1-9-10(2)14-5-4-11(7-14)6-12(14)13(9,3)8-15/h8-12,15H,4-7H2,1-3H3/t9?,10?,11-,12?,13?,14-/m0/s1. The molecule has 0 radical (unpaired) electrons. The average Bonchev–Trinajstić information content (AvgIpc) is 2.87. The second kappa shape index (κ2) is 2.67. The quantitative estimate of drug-likeness (QED) is 0.631. The topological polar surface area (TPSA) is 23.9 Å². The van der Waals surface area contributed by atoms with Gasteiger partial charge >= 0.3 is 0 Å². The Bertz CT molecular complexity index is 310. The Morgan fingerprint density at radius 2 is 2.00 bits per heavy atom. The normalized spacial score (nSPS) is 62.1. The van der Waals surface area contributed by atoms with Crippen LogP contribution < -0.4 is 0 Å². The van der Waals surface area contributed by atoms with Crippen molar-refractivity contribution in [1.29, 1.82) is 5.41 Å². The number of nitrogens with one attached hydrogen (secondary N) is 1. The maximum absolute atomic E-state index is 7.82. The Morgan fingerprint density at radius 1 is 1.27 bits per heavy atom. The Labute approximate surface area is 93.2 Å². The molecule has 0 amide bonds. The molecule has 2 bridgehead atoms. The van der Waals surface area contributed by atoms with E-state index in [1.807, 2.05) is 0 Å². The van der Waals surface area contributed by atoms with Crippen molar-refractivity contribution in [3.05, 3.63) is 0 Å². The third-order valence-corrected chi connectivity index (χ3v) is 6.65. The average molecular weight is 205 g/mol. The van der Waals surface area contributed by atoms with Gasteiger partial charge in [-0.25, -0.2) is 0 Å². The van der Waals surface area contributed by atoms with Gasteiger partial charge in [-0.1, -0.05) is 20.8 Å². The fraction of sp³-hybridized carbons (Fsp3) is 0.929. The summed E-state index contributed by atoms with van der Waals surface area (Å²) in [5, 5.41) is 7.82. The lowest BCUT2D eigenvalue weighted by Crippen LogP contribution is -2.33. The lowest BCUT2D eigenvalue weighted by molar-refractivity contribution is 0.143. The summed E-state index contributed by atoms with van der Waals surface area (Å²) in [6.45, 7) is 7.19. The molecule has 0 aromatic heterocycles. The molecule has 3 aliphatic carbocycles. The molecular weight excluding hydrogens is 182 g/mol. The van der Waals surface area contributed by atoms with E-state index in [9.17, 15) is 0 Å². The van der Waals surface area contributed by atoms with Crippen molar-refractivity contribution < 1.29 is 0 Å². The zero-order chi connectivity index (χ0) is 10.8. The van der Waals surface area contributed by atoms with Gasteiger partial charge in [0.15, 0.2) is 0 Å². The Morgan fingerprint density at radius 3 is 2.60 bits per heavy atom. The Balaban J connectivity index is 2.08. The van der Waals surface area contributed by atoms with Gasteiger partial charge in [0.2, 0.25) is 0 Å². The molecule has 1 N–H and O–H groups in total. The minimum Gasteiger partial charge on any atom is -0.313 e. The van der Waals surface area contributed by atoms with Crippen LogP contribution in [0, 0.1) is 39.9 Å². The van der Waals surface area contributed by atoms with Crippen LogP contribution in [0.15, 0.2) is 0 Å². The second-order valence-electron chi connectivity index (χ2n) is 6.72. The summed E-state index contributed by atoms with van der Waals surface area (Å²) < 4.78 is 0. The van der Waals surface area contributed by atoms with E-state index < -0.39 is 0 Å². The van der Waals surface area contributed by atoms with Gasteiger partial charge in [0.05, 0.1) is 0 Å². The highest BCUT2D eigenvalue weighted by Gasteiger charge is 2.67. The summed E-state index contributed by atoms with van der Waals surface area (Å²) in [7, 11) is 0. The summed E-state index contributed by atoms with van der Waals surface area (Å²) >= 11 is 0. The van der Waals surface area contributed by atoms with Gasteiger partial charge in [-0.05, 0) is 54.8 Å². The Kier molecular flexibility index (Phi) is 1.76. The van der Waals surface area contributed by atoms with Crippen LogP contribution in [-0.2, 0) is 0 Å². The molecule has 0 saturated heterocycles. The van der Waals surface area contributed by atoms with Gasteiger partial charge in [-0.2, -0.15) is 0 Å². The van der Waals surface area contributed by atoms with Gasteiger partial charge in [0, 0.05) is 11.6 Å². The van der Waals surface area contributed by atoms with Gasteiger partial charge in [-0.3, -0.25) is 0 Å². The zero-order valence-electron chi connectivity index (χ0n) is 10.2. The Hall–Kier alpha value is -0.330. The third-order valence-electron chi connectivity index (χ3n) is 6.65. The van der Waals surface area contributed by atoms with Gasteiger partial charge < -0.3 is 5.41 Å². The molecule has 0 heterocycles. The van der Waals surface area contributed by atoms with E-state index in [1.54, 1.807) is 6.21 Å². The monoisotopic (exact) mass is 205 g/mol. The smallest absolute Gasteiger partial charge is 0.00833 e. The fourth-order valence-corrected chi connectivity index (χ4v) is 5.49. The summed E-state index contributed by atoms with van der Waals surface area (Å²) in [5.41, 5.74) is 0.838. The first-order chi connectivity index (χ1) is 7.04. The van der Waals surface area contributed by atoms with Crippen LogP contribution in [0.25, 0.3) is 0 Å². The SMILES string of the molecule is CC1C(C)[C@@]23CC[C@@H](CC2C1(C)C=N)C3. The molecule has 0 aromatic rings. The summed E-state index contributed by atoms with van der Waals surface area (Å²) in [4.78, 5) is 0. The molecule has 1 spiro atoms. The highest BCUT2D eigenvalue weighted by Crippen LogP contribution is 2.73. The maximum Gasteiger partial charge on any atom is 0.00833 e. The van der Waals surface area contributed by atoms with Crippen LogP contribution in [0.5, 0.6) is 0 Å². The van der Waals surface area contributed by atoms with Crippen molar-refractivity contribution in [2.24, 2.45) is 34.5 Å². The van der Waals surface area contributed by atoms with Crippen LogP contribution in [0.3, 0.4) is 0 Å². The molecule has 84 valence electrons. The number of hydrogen-bond donors (Lipinski definition) is 1. The van der Waals surface area contributed by atoms with Crippen molar-refractivity contribution >= 4 is 6.21 Å². The van der Waals surface area contributed by atoms with Crippen molar-refractivity contribution in [2.45, 2.75) is 46.5 Å². The molecule has 3 saturated carbocycles. The van der Waals surface area contributed by atoms with Gasteiger partial charge in [0.25, 0.3) is 0 Å². The lowest BCUT2D eigenvalue weighted by Gasteiger charge is -2.37. The number of hydrogen-bond acceptors (Lipinski definition) is 1. The van der Waals surface area contributed by atoms with Gasteiger partial charge in [-0.15, -0.1) is 0 Å². The van der Waals surface area contributed by atoms with Crippen LogP contribution >= 0.6 is 0 Å². The molecule has 3 fully saturated rings. The zero-order valence-corrected chi connectivity index (χ0v) is 10.2. The van der Waals surface area contributed by atoms with Crippen molar-refractivity contribution in [1.82, 2.24) is 0 Å². The fourth-order valence-electron chi connectivity index (χ4n) is 5.49. The maximum atomic E-state index is 7.82. The molecule has 0 aliphatic heterocycles. The number of rotatable bonds is 1.